The van der Waals surface area contributed by atoms with Crippen LogP contribution < -0.4 is 5.32 Å². The number of ether oxygens (including phenoxy) is 1. The van der Waals surface area contributed by atoms with Crippen molar-refractivity contribution in [3.05, 3.63) is 52.0 Å². The molecule has 2 rings (SSSR count). The predicted molar refractivity (Wildman–Crippen MR) is 110 cm³/mol. The first-order chi connectivity index (χ1) is 12.5. The highest BCUT2D eigenvalue weighted by Crippen LogP contribution is 2.21. The SMILES string of the molecule is CN=C(NCCC(C)c1ccccc1)N(C)Cc1csc(C(C)OC)n1. The summed E-state index contributed by atoms with van der Waals surface area (Å²) in [6.45, 7) is 5.88. The van der Waals surface area contributed by atoms with E-state index < -0.39 is 0 Å². The molecule has 1 aromatic carbocycles. The third-order valence-electron chi connectivity index (χ3n) is 4.47. The Labute approximate surface area is 161 Å². The smallest absolute Gasteiger partial charge is 0.193 e. The number of aliphatic imine (C=N–C) groups is 1. The Morgan fingerprint density at radius 1 is 1.31 bits per heavy atom. The zero-order chi connectivity index (χ0) is 18.9. The van der Waals surface area contributed by atoms with Crippen molar-refractivity contribution in [3.8, 4) is 0 Å². The normalized spacial score (nSPS) is 14.1. The number of methoxy groups -OCH3 is 1. The van der Waals surface area contributed by atoms with Crippen molar-refractivity contribution in [2.45, 2.75) is 38.8 Å². The van der Waals surface area contributed by atoms with Gasteiger partial charge in [-0.25, -0.2) is 4.98 Å². The number of hydrogen-bond acceptors (Lipinski definition) is 4. The molecule has 0 spiro atoms. The van der Waals surface area contributed by atoms with Crippen molar-refractivity contribution >= 4 is 17.3 Å². The second-order valence-electron chi connectivity index (χ2n) is 6.49. The number of rotatable bonds is 8. The molecule has 2 atom stereocenters. The summed E-state index contributed by atoms with van der Waals surface area (Å²) in [6.07, 6.45) is 1.10. The van der Waals surface area contributed by atoms with Gasteiger partial charge in [0.1, 0.15) is 11.1 Å². The molecule has 142 valence electrons. The quantitative estimate of drug-likeness (QED) is 0.559. The molecule has 0 bridgehead atoms. The Morgan fingerprint density at radius 3 is 2.69 bits per heavy atom. The molecule has 6 heteroatoms. The zero-order valence-corrected chi connectivity index (χ0v) is 17.2. The molecule has 5 nitrogen and oxygen atoms in total. The highest BCUT2D eigenvalue weighted by molar-refractivity contribution is 7.09. The summed E-state index contributed by atoms with van der Waals surface area (Å²) in [5.41, 5.74) is 2.41. The first-order valence-corrected chi connectivity index (χ1v) is 9.87. The summed E-state index contributed by atoms with van der Waals surface area (Å²) >= 11 is 1.64. The highest BCUT2D eigenvalue weighted by atomic mass is 32.1. The molecule has 1 heterocycles. The molecule has 0 aliphatic heterocycles. The Balaban J connectivity index is 1.83. The van der Waals surface area contributed by atoms with Gasteiger partial charge in [0.25, 0.3) is 0 Å². The molecule has 0 aliphatic carbocycles. The summed E-state index contributed by atoms with van der Waals surface area (Å²) in [6, 6.07) is 10.6. The van der Waals surface area contributed by atoms with Crippen LogP contribution in [0.15, 0.2) is 40.7 Å². The average Bonchev–Trinajstić information content (AvgIpc) is 3.13. The molecule has 0 fully saturated rings. The summed E-state index contributed by atoms with van der Waals surface area (Å²) in [7, 11) is 5.56. The van der Waals surface area contributed by atoms with Crippen LogP contribution in [0.4, 0.5) is 0 Å². The Bertz CT molecular complexity index is 686. The van der Waals surface area contributed by atoms with E-state index in [2.05, 4.69) is 62.8 Å². The predicted octanol–water partition coefficient (Wildman–Crippen LogP) is 4.05. The average molecular weight is 375 g/mol. The lowest BCUT2D eigenvalue weighted by molar-refractivity contribution is 0.119. The third-order valence-corrected chi connectivity index (χ3v) is 5.53. The topological polar surface area (TPSA) is 49.8 Å². The van der Waals surface area contributed by atoms with E-state index in [1.807, 2.05) is 21.0 Å². The fourth-order valence-corrected chi connectivity index (χ4v) is 3.58. The van der Waals surface area contributed by atoms with Crippen LogP contribution >= 0.6 is 11.3 Å². The van der Waals surface area contributed by atoms with Crippen LogP contribution in [0.3, 0.4) is 0 Å². The van der Waals surface area contributed by atoms with Crippen LogP contribution in [0.5, 0.6) is 0 Å². The van der Waals surface area contributed by atoms with Gasteiger partial charge in [0.05, 0.1) is 12.2 Å². The number of benzene rings is 1. The summed E-state index contributed by atoms with van der Waals surface area (Å²) < 4.78 is 5.33. The fraction of sp³-hybridized carbons (Fsp3) is 0.500. The first kappa shape index (κ1) is 20.4. The lowest BCUT2D eigenvalue weighted by atomic mass is 9.98. The lowest BCUT2D eigenvalue weighted by Crippen LogP contribution is -2.39. The van der Waals surface area contributed by atoms with Gasteiger partial charge in [-0.15, -0.1) is 11.3 Å². The molecule has 0 saturated heterocycles. The summed E-state index contributed by atoms with van der Waals surface area (Å²) in [5.74, 6) is 1.41. The van der Waals surface area contributed by atoms with E-state index in [0.29, 0.717) is 5.92 Å². The van der Waals surface area contributed by atoms with E-state index in [0.717, 1.165) is 36.2 Å². The standard InChI is InChI=1S/C20H30N4OS/c1-15(17-9-7-6-8-10-17)11-12-22-20(21-3)24(4)13-18-14-26-19(23-18)16(2)25-5/h6-10,14-16H,11-13H2,1-5H3,(H,21,22). The number of thiazole rings is 1. The molecule has 1 aromatic heterocycles. The number of hydrogen-bond donors (Lipinski definition) is 1. The molecular weight excluding hydrogens is 344 g/mol. The van der Waals surface area contributed by atoms with Gasteiger partial charge in [0, 0.05) is 33.1 Å². The van der Waals surface area contributed by atoms with Gasteiger partial charge in [-0.05, 0) is 24.8 Å². The van der Waals surface area contributed by atoms with Crippen LogP contribution in [0, 0.1) is 0 Å². The molecular formula is C20H30N4OS. The van der Waals surface area contributed by atoms with Crippen molar-refractivity contribution in [3.63, 3.8) is 0 Å². The number of guanidine groups is 1. The summed E-state index contributed by atoms with van der Waals surface area (Å²) in [5, 5.41) is 6.56. The second kappa shape index (κ2) is 10.3. The van der Waals surface area contributed by atoms with Gasteiger partial charge in [-0.3, -0.25) is 4.99 Å². The minimum Gasteiger partial charge on any atom is -0.375 e. The minimum atomic E-state index is 0.0379. The molecule has 0 saturated carbocycles. The molecule has 0 amide bonds. The van der Waals surface area contributed by atoms with E-state index in [1.54, 1.807) is 18.4 Å². The van der Waals surface area contributed by atoms with Gasteiger partial charge in [-0.1, -0.05) is 37.3 Å². The van der Waals surface area contributed by atoms with Crippen LogP contribution in [0.1, 0.15) is 48.6 Å². The van der Waals surface area contributed by atoms with Gasteiger partial charge in [-0.2, -0.15) is 0 Å². The monoisotopic (exact) mass is 374 g/mol. The lowest BCUT2D eigenvalue weighted by Gasteiger charge is -2.22. The Hall–Kier alpha value is -1.92. The van der Waals surface area contributed by atoms with Crippen LogP contribution in [-0.2, 0) is 11.3 Å². The minimum absolute atomic E-state index is 0.0379. The maximum atomic E-state index is 5.33. The van der Waals surface area contributed by atoms with Crippen molar-refractivity contribution in [1.29, 1.82) is 0 Å². The maximum Gasteiger partial charge on any atom is 0.193 e. The molecule has 2 unspecified atom stereocenters. The van der Waals surface area contributed by atoms with Crippen molar-refractivity contribution in [1.82, 2.24) is 15.2 Å². The zero-order valence-electron chi connectivity index (χ0n) is 16.4. The van der Waals surface area contributed by atoms with Crippen molar-refractivity contribution in [2.24, 2.45) is 4.99 Å². The Kier molecular flexibility index (Phi) is 8.06. The van der Waals surface area contributed by atoms with E-state index >= 15 is 0 Å². The van der Waals surface area contributed by atoms with E-state index in [-0.39, 0.29) is 6.10 Å². The fourth-order valence-electron chi connectivity index (χ4n) is 2.73. The third kappa shape index (κ3) is 5.81. The van der Waals surface area contributed by atoms with E-state index in [9.17, 15) is 0 Å². The number of nitrogens with one attached hydrogen (secondary N) is 1. The highest BCUT2D eigenvalue weighted by Gasteiger charge is 2.13. The Morgan fingerprint density at radius 2 is 2.04 bits per heavy atom. The van der Waals surface area contributed by atoms with Gasteiger partial charge >= 0.3 is 0 Å². The van der Waals surface area contributed by atoms with Crippen LogP contribution in [-0.4, -0.2) is 43.6 Å². The van der Waals surface area contributed by atoms with Gasteiger partial charge < -0.3 is 15.0 Å². The van der Waals surface area contributed by atoms with Crippen LogP contribution in [0.25, 0.3) is 0 Å². The number of aromatic nitrogens is 1. The van der Waals surface area contributed by atoms with Gasteiger partial charge in [0.2, 0.25) is 0 Å². The molecule has 0 aliphatic rings. The molecule has 26 heavy (non-hydrogen) atoms. The molecule has 0 radical (unpaired) electrons. The van der Waals surface area contributed by atoms with Gasteiger partial charge in [0.15, 0.2) is 5.96 Å². The molecule has 1 N–H and O–H groups in total. The largest absolute Gasteiger partial charge is 0.375 e. The first-order valence-electron chi connectivity index (χ1n) is 8.99. The molecule has 2 aromatic rings. The van der Waals surface area contributed by atoms with Crippen molar-refractivity contribution < 1.29 is 4.74 Å². The maximum absolute atomic E-state index is 5.33. The van der Waals surface area contributed by atoms with E-state index in [4.69, 9.17) is 4.74 Å². The number of nitrogens with zero attached hydrogens (tertiary/aromatic N) is 3. The summed E-state index contributed by atoms with van der Waals surface area (Å²) in [4.78, 5) is 11.1. The van der Waals surface area contributed by atoms with Crippen molar-refractivity contribution in [2.75, 3.05) is 27.7 Å². The van der Waals surface area contributed by atoms with Crippen LogP contribution in [0.2, 0.25) is 0 Å². The van der Waals surface area contributed by atoms with E-state index in [1.165, 1.54) is 5.56 Å². The second-order valence-corrected chi connectivity index (χ2v) is 7.38.